The predicted molar refractivity (Wildman–Crippen MR) is 108 cm³/mol. The van der Waals surface area contributed by atoms with Gasteiger partial charge < -0.3 is 4.57 Å². The van der Waals surface area contributed by atoms with Gasteiger partial charge in [0.2, 0.25) is 10.0 Å². The molecule has 1 atom stereocenters. The van der Waals surface area contributed by atoms with Gasteiger partial charge in [0.1, 0.15) is 0 Å². The summed E-state index contributed by atoms with van der Waals surface area (Å²) in [4.78, 5) is 0.281. The highest BCUT2D eigenvalue weighted by Crippen LogP contribution is 2.39. The van der Waals surface area contributed by atoms with Gasteiger partial charge in [-0.05, 0) is 48.9 Å². The van der Waals surface area contributed by atoms with E-state index in [1.165, 1.54) is 4.31 Å². The number of aryl methyl sites for hydroxylation is 1. The first-order chi connectivity index (χ1) is 12.9. The zero-order valence-electron chi connectivity index (χ0n) is 14.6. The van der Waals surface area contributed by atoms with Crippen LogP contribution in [0.2, 0.25) is 10.0 Å². The van der Waals surface area contributed by atoms with Crippen molar-refractivity contribution < 1.29 is 8.42 Å². The molecule has 2 heterocycles. The molecular formula is C20H18Cl2N2O2S. The molecule has 0 aliphatic carbocycles. The van der Waals surface area contributed by atoms with Crippen LogP contribution in [0.15, 0.2) is 65.7 Å². The molecule has 140 valence electrons. The highest BCUT2D eigenvalue weighted by Gasteiger charge is 2.38. The van der Waals surface area contributed by atoms with Crippen LogP contribution in [0.3, 0.4) is 0 Å². The van der Waals surface area contributed by atoms with E-state index in [0.717, 1.165) is 16.8 Å². The molecule has 0 bridgehead atoms. The second-order valence-corrected chi connectivity index (χ2v) is 9.36. The molecule has 0 amide bonds. The molecule has 7 heteroatoms. The van der Waals surface area contributed by atoms with Crippen LogP contribution in [-0.2, 0) is 16.6 Å². The highest BCUT2D eigenvalue weighted by molar-refractivity contribution is 7.89. The summed E-state index contributed by atoms with van der Waals surface area (Å²) in [5.41, 5.74) is 2.62. The van der Waals surface area contributed by atoms with Crippen molar-refractivity contribution in [3.63, 3.8) is 0 Å². The van der Waals surface area contributed by atoms with Crippen molar-refractivity contribution in [3.05, 3.63) is 87.7 Å². The number of benzene rings is 2. The van der Waals surface area contributed by atoms with Gasteiger partial charge in [-0.1, -0.05) is 47.0 Å². The van der Waals surface area contributed by atoms with Crippen LogP contribution in [-0.4, -0.2) is 23.8 Å². The van der Waals surface area contributed by atoms with Crippen LogP contribution in [0.25, 0.3) is 0 Å². The minimum Gasteiger partial charge on any atom is -0.348 e. The molecule has 4 nitrogen and oxygen atoms in total. The quantitative estimate of drug-likeness (QED) is 0.604. The first-order valence-electron chi connectivity index (χ1n) is 8.56. The molecule has 3 aromatic rings. The molecule has 0 saturated carbocycles. The smallest absolute Gasteiger partial charge is 0.244 e. The van der Waals surface area contributed by atoms with Gasteiger partial charge in [-0.2, -0.15) is 4.31 Å². The largest absolute Gasteiger partial charge is 0.348 e. The number of hydrogen-bond acceptors (Lipinski definition) is 2. The summed E-state index contributed by atoms with van der Waals surface area (Å²) in [6.45, 7) is 2.89. The minimum absolute atomic E-state index is 0.281. The number of nitrogens with zero attached hydrogens (tertiary/aromatic N) is 2. The van der Waals surface area contributed by atoms with E-state index < -0.39 is 16.1 Å². The highest BCUT2D eigenvalue weighted by atomic mass is 35.5. The Balaban J connectivity index is 1.87. The summed E-state index contributed by atoms with van der Waals surface area (Å²) in [6.07, 6.45) is 1.96. The maximum absolute atomic E-state index is 13.4. The van der Waals surface area contributed by atoms with Gasteiger partial charge in [-0.15, -0.1) is 0 Å². The van der Waals surface area contributed by atoms with E-state index in [4.69, 9.17) is 23.2 Å². The summed E-state index contributed by atoms with van der Waals surface area (Å²) in [5, 5.41) is 0.967. The molecule has 4 rings (SSSR count). The Labute approximate surface area is 169 Å². The lowest BCUT2D eigenvalue weighted by Gasteiger charge is -2.36. The number of fused-ring (bicyclic) bond motifs is 1. The molecule has 1 aromatic heterocycles. The molecule has 0 saturated heterocycles. The first-order valence-corrected chi connectivity index (χ1v) is 10.8. The molecular weight excluding hydrogens is 403 g/mol. The Morgan fingerprint density at radius 1 is 1.00 bits per heavy atom. The maximum atomic E-state index is 13.4. The molecule has 0 N–H and O–H groups in total. The third kappa shape index (κ3) is 3.29. The third-order valence-electron chi connectivity index (χ3n) is 4.88. The summed E-state index contributed by atoms with van der Waals surface area (Å²) in [7, 11) is -3.70. The molecule has 27 heavy (non-hydrogen) atoms. The Morgan fingerprint density at radius 3 is 2.44 bits per heavy atom. The zero-order valence-corrected chi connectivity index (χ0v) is 17.0. The number of sulfonamides is 1. The molecule has 0 unspecified atom stereocenters. The van der Waals surface area contributed by atoms with E-state index in [1.54, 1.807) is 30.3 Å². The molecule has 2 aromatic carbocycles. The Morgan fingerprint density at radius 2 is 1.74 bits per heavy atom. The van der Waals surface area contributed by atoms with E-state index in [-0.39, 0.29) is 4.90 Å². The van der Waals surface area contributed by atoms with Gasteiger partial charge >= 0.3 is 0 Å². The molecule has 1 aliphatic heterocycles. The Hall–Kier alpha value is -1.79. The van der Waals surface area contributed by atoms with Crippen molar-refractivity contribution in [2.45, 2.75) is 24.4 Å². The molecule has 0 radical (unpaired) electrons. The molecule has 0 fully saturated rings. The number of hydrogen-bond donors (Lipinski definition) is 0. The first kappa shape index (κ1) is 18.6. The number of aromatic nitrogens is 1. The zero-order chi connectivity index (χ0) is 19.2. The number of rotatable bonds is 3. The van der Waals surface area contributed by atoms with Gasteiger partial charge in [0.05, 0.1) is 10.9 Å². The molecule has 0 spiro atoms. The van der Waals surface area contributed by atoms with Crippen molar-refractivity contribution in [1.29, 1.82) is 0 Å². The van der Waals surface area contributed by atoms with Crippen molar-refractivity contribution in [2.75, 3.05) is 6.54 Å². The SMILES string of the molecule is Cc1ccc(S(=O)(=O)N2CCn3cccc3[C@@H]2c2ccc(Cl)cc2Cl)cc1. The lowest BCUT2D eigenvalue weighted by molar-refractivity contribution is 0.298. The van der Waals surface area contributed by atoms with Crippen molar-refractivity contribution in [1.82, 2.24) is 8.87 Å². The van der Waals surface area contributed by atoms with Gasteiger partial charge in [-0.3, -0.25) is 0 Å². The monoisotopic (exact) mass is 420 g/mol. The average Bonchev–Trinajstić information content (AvgIpc) is 3.10. The standard InChI is InChI=1S/C20H18Cl2N2O2S/c1-14-4-7-16(8-5-14)27(25,26)24-12-11-23-10-2-3-19(23)20(24)17-9-6-15(21)13-18(17)22/h2-10,13,20H,11-12H2,1H3/t20-/m0/s1. The predicted octanol–water partition coefficient (Wildman–Crippen LogP) is 4.90. The van der Waals surface area contributed by atoms with Crippen LogP contribution in [0, 0.1) is 6.92 Å². The van der Waals surface area contributed by atoms with Gasteiger partial charge in [-0.25, -0.2) is 8.42 Å². The van der Waals surface area contributed by atoms with E-state index in [1.807, 2.05) is 37.4 Å². The van der Waals surface area contributed by atoms with E-state index in [0.29, 0.717) is 23.1 Å². The molecule has 1 aliphatic rings. The normalized spacial score (nSPS) is 17.7. The van der Waals surface area contributed by atoms with Gasteiger partial charge in [0.15, 0.2) is 0 Å². The third-order valence-corrected chi connectivity index (χ3v) is 7.32. The van der Waals surface area contributed by atoms with Crippen molar-refractivity contribution in [2.24, 2.45) is 0 Å². The number of halogens is 2. The van der Waals surface area contributed by atoms with Crippen LogP contribution < -0.4 is 0 Å². The van der Waals surface area contributed by atoms with Crippen LogP contribution in [0.1, 0.15) is 22.9 Å². The summed E-state index contributed by atoms with van der Waals surface area (Å²) >= 11 is 12.5. The lowest BCUT2D eigenvalue weighted by atomic mass is 10.0. The maximum Gasteiger partial charge on any atom is 0.244 e. The van der Waals surface area contributed by atoms with Crippen LogP contribution >= 0.6 is 23.2 Å². The lowest BCUT2D eigenvalue weighted by Crippen LogP contribution is -2.42. The fourth-order valence-electron chi connectivity index (χ4n) is 3.50. The van der Waals surface area contributed by atoms with Gasteiger partial charge in [0, 0.05) is 35.0 Å². The van der Waals surface area contributed by atoms with E-state index >= 15 is 0 Å². The minimum atomic E-state index is -3.70. The van der Waals surface area contributed by atoms with Crippen molar-refractivity contribution >= 4 is 33.2 Å². The average molecular weight is 421 g/mol. The summed E-state index contributed by atoms with van der Waals surface area (Å²) < 4.78 is 30.5. The van der Waals surface area contributed by atoms with Crippen LogP contribution in [0.5, 0.6) is 0 Å². The Bertz CT molecular complexity index is 1090. The van der Waals surface area contributed by atoms with Crippen LogP contribution in [0.4, 0.5) is 0 Å². The van der Waals surface area contributed by atoms with Gasteiger partial charge in [0.25, 0.3) is 0 Å². The Kier molecular flexibility index (Phi) is 4.80. The summed E-state index contributed by atoms with van der Waals surface area (Å²) in [5.74, 6) is 0. The fourth-order valence-corrected chi connectivity index (χ4v) is 5.59. The van der Waals surface area contributed by atoms with E-state index in [2.05, 4.69) is 4.57 Å². The summed E-state index contributed by atoms with van der Waals surface area (Å²) in [6, 6.07) is 15.5. The second-order valence-electron chi connectivity index (χ2n) is 6.62. The topological polar surface area (TPSA) is 42.3 Å². The van der Waals surface area contributed by atoms with Crippen molar-refractivity contribution in [3.8, 4) is 0 Å². The fraction of sp³-hybridized carbons (Fsp3) is 0.200. The second kappa shape index (κ2) is 6.99. The van der Waals surface area contributed by atoms with E-state index in [9.17, 15) is 8.42 Å².